The van der Waals surface area contributed by atoms with Crippen molar-refractivity contribution in [1.82, 2.24) is 15.0 Å². The summed E-state index contributed by atoms with van der Waals surface area (Å²) in [5.41, 5.74) is 4.94. The van der Waals surface area contributed by atoms with Crippen LogP contribution in [0.4, 0.5) is 0 Å². The maximum absolute atomic E-state index is 8.78. The molecule has 3 heterocycles. The first-order valence-electron chi connectivity index (χ1n) is 18.7. The SMILES string of the molecule is [2H]c1c([2H])c([2H])c(-c2ccccc2-c2nc(-c3ccc(-c4cccc5sc6ccccc6c45)cc3)nc(-c3cccc4c3sc3ccccc34)n2)c([2H])c1[2H]. The number of hydrogen-bond acceptors (Lipinski definition) is 5. The molecule has 0 saturated carbocycles. The molecule has 234 valence electrons. The van der Waals surface area contributed by atoms with Gasteiger partial charge in [0, 0.05) is 57.0 Å². The summed E-state index contributed by atoms with van der Waals surface area (Å²) in [6, 6.07) is 43.1. The van der Waals surface area contributed by atoms with Gasteiger partial charge in [-0.15, -0.1) is 22.7 Å². The number of nitrogens with zero attached hydrogens (tertiary/aromatic N) is 3. The van der Waals surface area contributed by atoms with Crippen molar-refractivity contribution < 1.29 is 6.85 Å². The number of aromatic nitrogens is 3. The third-order valence-corrected chi connectivity index (χ3v) is 11.4. The van der Waals surface area contributed by atoms with Gasteiger partial charge in [0.2, 0.25) is 0 Å². The first-order chi connectivity index (χ1) is 26.9. The zero-order chi connectivity index (χ0) is 37.4. The maximum atomic E-state index is 8.78. The minimum atomic E-state index is -0.440. The average molecular weight is 679 g/mol. The molecular formula is C45H27N3S2. The third kappa shape index (κ3) is 4.82. The van der Waals surface area contributed by atoms with E-state index in [-0.39, 0.29) is 17.6 Å². The fourth-order valence-electron chi connectivity index (χ4n) is 6.76. The van der Waals surface area contributed by atoms with Gasteiger partial charge >= 0.3 is 0 Å². The van der Waals surface area contributed by atoms with Gasteiger partial charge < -0.3 is 0 Å². The van der Waals surface area contributed by atoms with Crippen molar-refractivity contribution in [2.45, 2.75) is 0 Å². The molecule has 5 heteroatoms. The van der Waals surface area contributed by atoms with E-state index < -0.39 is 18.1 Å². The van der Waals surface area contributed by atoms with Crippen molar-refractivity contribution in [3.63, 3.8) is 0 Å². The predicted octanol–water partition coefficient (Wildman–Crippen LogP) is 12.9. The molecule has 50 heavy (non-hydrogen) atoms. The zero-order valence-corrected chi connectivity index (χ0v) is 28.0. The first-order valence-corrected chi connectivity index (χ1v) is 17.8. The van der Waals surface area contributed by atoms with E-state index in [4.69, 9.17) is 21.8 Å². The lowest BCUT2D eigenvalue weighted by Gasteiger charge is -2.13. The molecule has 3 aromatic heterocycles. The Morgan fingerprint density at radius 3 is 1.76 bits per heavy atom. The molecule has 0 radical (unpaired) electrons. The highest BCUT2D eigenvalue weighted by molar-refractivity contribution is 7.26. The quantitative estimate of drug-likeness (QED) is 0.182. The molecule has 0 saturated heterocycles. The summed E-state index contributed by atoms with van der Waals surface area (Å²) < 4.78 is 47.2. The molecule has 0 N–H and O–H groups in total. The second-order valence-electron chi connectivity index (χ2n) is 12.0. The van der Waals surface area contributed by atoms with E-state index in [0.29, 0.717) is 28.6 Å². The van der Waals surface area contributed by atoms with Crippen molar-refractivity contribution in [2.75, 3.05) is 0 Å². The lowest BCUT2D eigenvalue weighted by molar-refractivity contribution is 1.08. The van der Waals surface area contributed by atoms with E-state index in [1.54, 1.807) is 34.8 Å². The molecule has 3 nitrogen and oxygen atoms in total. The van der Waals surface area contributed by atoms with Gasteiger partial charge in [-0.05, 0) is 46.5 Å². The van der Waals surface area contributed by atoms with E-state index in [9.17, 15) is 0 Å². The highest BCUT2D eigenvalue weighted by Crippen LogP contribution is 2.42. The molecule has 0 unspecified atom stereocenters. The van der Waals surface area contributed by atoms with Crippen molar-refractivity contribution in [3.05, 3.63) is 164 Å². The summed E-state index contributed by atoms with van der Waals surface area (Å²) in [6.45, 7) is 0. The third-order valence-electron chi connectivity index (χ3n) is 9.07. The normalized spacial score (nSPS) is 13.0. The molecule has 0 fully saturated rings. The van der Waals surface area contributed by atoms with Gasteiger partial charge in [0.25, 0.3) is 0 Å². The summed E-state index contributed by atoms with van der Waals surface area (Å²) in [7, 11) is 0. The Labute approximate surface area is 303 Å². The Bertz CT molecular complexity index is 3140. The minimum absolute atomic E-state index is 0.0937. The van der Waals surface area contributed by atoms with Gasteiger partial charge in [-0.1, -0.05) is 139 Å². The molecule has 10 rings (SSSR count). The minimum Gasteiger partial charge on any atom is -0.208 e. The van der Waals surface area contributed by atoms with Crippen LogP contribution in [0.2, 0.25) is 0 Å². The number of hydrogen-bond donors (Lipinski definition) is 0. The van der Waals surface area contributed by atoms with Crippen LogP contribution in [0.5, 0.6) is 0 Å². The second-order valence-corrected chi connectivity index (χ2v) is 14.1. The van der Waals surface area contributed by atoms with E-state index in [1.165, 1.54) is 20.2 Å². The van der Waals surface area contributed by atoms with Crippen LogP contribution in [0.15, 0.2) is 164 Å². The second kappa shape index (κ2) is 11.8. The molecule has 0 aliphatic rings. The Kier molecular flexibility index (Phi) is 5.73. The van der Waals surface area contributed by atoms with Crippen molar-refractivity contribution in [2.24, 2.45) is 0 Å². The van der Waals surface area contributed by atoms with E-state index >= 15 is 0 Å². The van der Waals surface area contributed by atoms with Crippen LogP contribution in [-0.4, -0.2) is 15.0 Å². The number of fused-ring (bicyclic) bond motifs is 6. The summed E-state index contributed by atoms with van der Waals surface area (Å²) in [6.07, 6.45) is 0. The van der Waals surface area contributed by atoms with Crippen LogP contribution in [0, 0.1) is 0 Å². The van der Waals surface area contributed by atoms with Gasteiger partial charge in [0.15, 0.2) is 17.5 Å². The Balaban J connectivity index is 1.18. The summed E-state index contributed by atoms with van der Waals surface area (Å²) in [5, 5.41) is 4.75. The van der Waals surface area contributed by atoms with E-state index in [0.717, 1.165) is 42.4 Å². The van der Waals surface area contributed by atoms with Crippen LogP contribution in [-0.2, 0) is 0 Å². The van der Waals surface area contributed by atoms with Gasteiger partial charge in [0.1, 0.15) is 0 Å². The molecule has 0 amide bonds. The van der Waals surface area contributed by atoms with Crippen molar-refractivity contribution in [3.8, 4) is 56.4 Å². The fourth-order valence-corrected chi connectivity index (χ4v) is 9.11. The molecule has 10 aromatic rings. The smallest absolute Gasteiger partial charge is 0.165 e. The van der Waals surface area contributed by atoms with E-state index in [1.807, 2.05) is 48.5 Å². The van der Waals surface area contributed by atoms with E-state index in [2.05, 4.69) is 72.8 Å². The van der Waals surface area contributed by atoms with Gasteiger partial charge in [0.05, 0.1) is 6.85 Å². The van der Waals surface area contributed by atoms with Gasteiger partial charge in [-0.2, -0.15) is 0 Å². The number of rotatable bonds is 5. The van der Waals surface area contributed by atoms with Crippen LogP contribution in [0.25, 0.3) is 96.8 Å². The monoisotopic (exact) mass is 678 g/mol. The molecule has 0 atom stereocenters. The van der Waals surface area contributed by atoms with Crippen LogP contribution in [0.3, 0.4) is 0 Å². The molecule has 0 bridgehead atoms. The Morgan fingerprint density at radius 2 is 0.940 bits per heavy atom. The van der Waals surface area contributed by atoms with Crippen LogP contribution >= 0.6 is 22.7 Å². The van der Waals surface area contributed by atoms with Gasteiger partial charge in [-0.3, -0.25) is 0 Å². The zero-order valence-electron chi connectivity index (χ0n) is 31.4. The Hall–Kier alpha value is -6.01. The predicted molar refractivity (Wildman–Crippen MR) is 213 cm³/mol. The molecule has 0 aliphatic carbocycles. The highest BCUT2D eigenvalue weighted by Gasteiger charge is 2.19. The topological polar surface area (TPSA) is 38.7 Å². The molecule has 0 aliphatic heterocycles. The summed E-state index contributed by atoms with van der Waals surface area (Å²) in [4.78, 5) is 15.2. The summed E-state index contributed by atoms with van der Waals surface area (Å²) in [5.74, 6) is 1.27. The number of benzene rings is 7. The molecular weight excluding hydrogens is 647 g/mol. The molecule has 0 spiro atoms. The van der Waals surface area contributed by atoms with Crippen molar-refractivity contribution in [1.29, 1.82) is 0 Å². The van der Waals surface area contributed by atoms with Gasteiger partial charge in [-0.25, -0.2) is 15.0 Å². The maximum Gasteiger partial charge on any atom is 0.165 e. The average Bonchev–Trinajstić information content (AvgIpc) is 3.81. The van der Waals surface area contributed by atoms with Crippen LogP contribution < -0.4 is 0 Å². The fraction of sp³-hybridized carbons (Fsp3) is 0. The Morgan fingerprint density at radius 1 is 0.380 bits per heavy atom. The van der Waals surface area contributed by atoms with Crippen LogP contribution in [0.1, 0.15) is 6.85 Å². The van der Waals surface area contributed by atoms with Crippen molar-refractivity contribution >= 4 is 63.0 Å². The summed E-state index contributed by atoms with van der Waals surface area (Å²) >= 11 is 3.48. The largest absolute Gasteiger partial charge is 0.208 e. The highest BCUT2D eigenvalue weighted by atomic mass is 32.1. The standard InChI is InChI=1S/C45H27N3S2/c1-2-12-28(13-3-1)31-14-4-5-16-35(31)44-46-43(47-45(48-44)37-20-10-19-34-33-15-6-8-21-38(33)50-42(34)37)30-26-24-29(25-27-30)32-18-11-23-40-41(32)36-17-7-9-22-39(36)49-40/h1-27H/i1D,2D,3D,12D,13D. The number of thiophene rings is 2. The molecule has 7 aromatic carbocycles. The lowest BCUT2D eigenvalue weighted by atomic mass is 9.98. The first kappa shape index (κ1) is 24.2. The lowest BCUT2D eigenvalue weighted by Crippen LogP contribution is -2.01.